The lowest BCUT2D eigenvalue weighted by Crippen LogP contribution is -2.46. The number of carbonyl (C=O) groups is 2. The van der Waals surface area contributed by atoms with Crippen LogP contribution in [0.4, 0.5) is 13.2 Å². The summed E-state index contributed by atoms with van der Waals surface area (Å²) in [7, 11) is 0. The van der Waals surface area contributed by atoms with E-state index in [1.165, 1.54) is 6.07 Å². The van der Waals surface area contributed by atoms with E-state index in [0.717, 1.165) is 17.8 Å². The van der Waals surface area contributed by atoms with E-state index in [4.69, 9.17) is 11.6 Å². The number of nitrogens with zero attached hydrogens (tertiary/aromatic N) is 1. The van der Waals surface area contributed by atoms with Gasteiger partial charge in [-0.3, -0.25) is 19.9 Å². The van der Waals surface area contributed by atoms with Crippen molar-refractivity contribution in [2.24, 2.45) is 5.92 Å². The van der Waals surface area contributed by atoms with E-state index in [2.05, 4.69) is 20.9 Å². The Labute approximate surface area is 182 Å². The van der Waals surface area contributed by atoms with Gasteiger partial charge in [-0.1, -0.05) is 31.5 Å². The molecule has 1 aliphatic rings. The molecule has 0 bridgehead atoms. The lowest BCUT2D eigenvalue weighted by atomic mass is 9.98. The van der Waals surface area contributed by atoms with E-state index in [0.29, 0.717) is 16.1 Å². The molecule has 0 aliphatic carbocycles. The largest absolute Gasteiger partial charge is 0.433 e. The van der Waals surface area contributed by atoms with Crippen molar-refractivity contribution in [1.29, 1.82) is 0 Å². The number of hydrogen-bond donors (Lipinski definition) is 3. The van der Waals surface area contributed by atoms with Gasteiger partial charge < -0.3 is 10.6 Å². The Morgan fingerprint density at radius 2 is 2.03 bits per heavy atom. The number of benzene rings is 1. The van der Waals surface area contributed by atoms with Gasteiger partial charge >= 0.3 is 6.18 Å². The minimum Gasteiger partial charge on any atom is -0.352 e. The van der Waals surface area contributed by atoms with Crippen molar-refractivity contribution in [1.82, 2.24) is 20.9 Å². The minimum atomic E-state index is -4.58. The predicted octanol–water partition coefficient (Wildman–Crippen LogP) is 3.88. The van der Waals surface area contributed by atoms with E-state index in [-0.39, 0.29) is 30.7 Å². The number of amides is 2. The molecule has 6 nitrogen and oxygen atoms in total. The maximum absolute atomic E-state index is 13.0. The number of alkyl halides is 3. The van der Waals surface area contributed by atoms with Gasteiger partial charge in [-0.2, -0.15) is 13.2 Å². The van der Waals surface area contributed by atoms with Crippen molar-refractivity contribution < 1.29 is 22.8 Å². The molecule has 1 saturated heterocycles. The van der Waals surface area contributed by atoms with Gasteiger partial charge in [0.25, 0.3) is 0 Å². The Bertz CT molecular complexity index is 981. The monoisotopic (exact) mass is 454 g/mol. The highest BCUT2D eigenvalue weighted by atomic mass is 35.5. The number of pyridine rings is 1. The SMILES string of the molecule is CC(C)C(=O)NCc1ccc(Cl)c(C2NC(=O)CC(c3ccnc(C(F)(F)F)c3)N2)c1. The molecule has 2 atom stereocenters. The second kappa shape index (κ2) is 9.23. The minimum absolute atomic E-state index is 0.0282. The first-order chi connectivity index (χ1) is 14.5. The van der Waals surface area contributed by atoms with Crippen LogP contribution in [0.15, 0.2) is 36.5 Å². The molecule has 2 amide bonds. The molecule has 0 spiro atoms. The fourth-order valence-electron chi connectivity index (χ4n) is 3.23. The molecular weight excluding hydrogens is 433 g/mol. The molecule has 1 fully saturated rings. The van der Waals surface area contributed by atoms with Gasteiger partial charge in [0.1, 0.15) is 11.9 Å². The number of carbonyl (C=O) groups excluding carboxylic acids is 2. The first-order valence-corrected chi connectivity index (χ1v) is 10.1. The summed E-state index contributed by atoms with van der Waals surface area (Å²) in [5, 5.41) is 9.10. The summed E-state index contributed by atoms with van der Waals surface area (Å²) in [5.41, 5.74) is 0.616. The van der Waals surface area contributed by atoms with Crippen LogP contribution in [0.2, 0.25) is 5.02 Å². The summed E-state index contributed by atoms with van der Waals surface area (Å²) >= 11 is 6.33. The Balaban J connectivity index is 1.82. The Hall–Kier alpha value is -2.65. The number of nitrogens with one attached hydrogen (secondary N) is 3. The topological polar surface area (TPSA) is 83.1 Å². The van der Waals surface area contributed by atoms with E-state index < -0.39 is 24.1 Å². The lowest BCUT2D eigenvalue weighted by molar-refractivity contribution is -0.141. The molecule has 0 saturated carbocycles. The van der Waals surface area contributed by atoms with Gasteiger partial charge in [0.2, 0.25) is 11.8 Å². The lowest BCUT2D eigenvalue weighted by Gasteiger charge is -2.33. The van der Waals surface area contributed by atoms with Crippen molar-refractivity contribution in [3.8, 4) is 0 Å². The third kappa shape index (κ3) is 5.74. The van der Waals surface area contributed by atoms with Crippen LogP contribution in [0, 0.1) is 5.92 Å². The maximum atomic E-state index is 13.0. The summed E-state index contributed by atoms with van der Waals surface area (Å²) in [6.07, 6.45) is -4.24. The quantitative estimate of drug-likeness (QED) is 0.640. The highest BCUT2D eigenvalue weighted by Gasteiger charge is 2.34. The van der Waals surface area contributed by atoms with E-state index in [9.17, 15) is 22.8 Å². The van der Waals surface area contributed by atoms with Crippen LogP contribution in [-0.2, 0) is 22.3 Å². The Kier molecular flexibility index (Phi) is 6.86. The van der Waals surface area contributed by atoms with Gasteiger partial charge in [0.05, 0.1) is 0 Å². The zero-order valence-electron chi connectivity index (χ0n) is 16.9. The van der Waals surface area contributed by atoms with Crippen LogP contribution in [0.25, 0.3) is 0 Å². The van der Waals surface area contributed by atoms with Crippen molar-refractivity contribution in [2.75, 3.05) is 0 Å². The van der Waals surface area contributed by atoms with Gasteiger partial charge in [-0.15, -0.1) is 0 Å². The van der Waals surface area contributed by atoms with Crippen molar-refractivity contribution in [3.05, 3.63) is 63.9 Å². The fraction of sp³-hybridized carbons (Fsp3) is 0.381. The number of rotatable bonds is 5. The average Bonchev–Trinajstić information content (AvgIpc) is 2.71. The molecule has 1 aromatic heterocycles. The summed E-state index contributed by atoms with van der Waals surface area (Å²) in [5.74, 6) is -0.582. The third-order valence-electron chi connectivity index (χ3n) is 4.90. The highest BCUT2D eigenvalue weighted by molar-refractivity contribution is 6.31. The van der Waals surface area contributed by atoms with Gasteiger partial charge in [-0.25, -0.2) is 0 Å². The molecule has 10 heteroatoms. The molecular formula is C21H22ClF3N4O2. The molecule has 2 unspecified atom stereocenters. The summed E-state index contributed by atoms with van der Waals surface area (Å²) in [6, 6.07) is 6.89. The van der Waals surface area contributed by atoms with Crippen LogP contribution in [0.5, 0.6) is 0 Å². The van der Waals surface area contributed by atoms with Crippen LogP contribution in [0.1, 0.15) is 54.9 Å². The van der Waals surface area contributed by atoms with Crippen LogP contribution in [0.3, 0.4) is 0 Å². The molecule has 1 aliphatic heterocycles. The first kappa shape index (κ1) is 23.0. The van der Waals surface area contributed by atoms with Gasteiger partial charge in [0.15, 0.2) is 0 Å². The first-order valence-electron chi connectivity index (χ1n) is 9.69. The van der Waals surface area contributed by atoms with Crippen LogP contribution in [-0.4, -0.2) is 16.8 Å². The Morgan fingerprint density at radius 3 is 2.71 bits per heavy atom. The Morgan fingerprint density at radius 1 is 1.29 bits per heavy atom. The van der Waals surface area contributed by atoms with Crippen molar-refractivity contribution in [3.63, 3.8) is 0 Å². The summed E-state index contributed by atoms with van der Waals surface area (Å²) < 4.78 is 39.1. The predicted molar refractivity (Wildman–Crippen MR) is 109 cm³/mol. The van der Waals surface area contributed by atoms with E-state index >= 15 is 0 Å². The molecule has 2 aromatic rings. The van der Waals surface area contributed by atoms with Crippen LogP contribution < -0.4 is 16.0 Å². The second-order valence-corrected chi connectivity index (χ2v) is 8.03. The zero-order chi connectivity index (χ0) is 22.8. The highest BCUT2D eigenvalue weighted by Crippen LogP contribution is 2.33. The van der Waals surface area contributed by atoms with Crippen molar-refractivity contribution in [2.45, 2.75) is 45.2 Å². The molecule has 2 heterocycles. The molecule has 0 radical (unpaired) electrons. The average molecular weight is 455 g/mol. The molecule has 3 N–H and O–H groups in total. The normalized spacial score (nSPS) is 19.3. The maximum Gasteiger partial charge on any atom is 0.433 e. The molecule has 31 heavy (non-hydrogen) atoms. The van der Waals surface area contributed by atoms with Crippen molar-refractivity contribution >= 4 is 23.4 Å². The fourth-order valence-corrected chi connectivity index (χ4v) is 3.45. The van der Waals surface area contributed by atoms with Gasteiger partial charge in [0, 0.05) is 41.7 Å². The zero-order valence-corrected chi connectivity index (χ0v) is 17.6. The number of halogens is 4. The van der Waals surface area contributed by atoms with E-state index in [1.54, 1.807) is 32.0 Å². The molecule has 1 aromatic carbocycles. The summed E-state index contributed by atoms with van der Waals surface area (Å²) in [4.78, 5) is 27.5. The standard InChI is InChI=1S/C21H22ClF3N4O2/c1-11(2)20(31)27-10-12-3-4-15(22)14(7-12)19-28-16(9-18(30)29-19)13-5-6-26-17(8-13)21(23,24)25/h3-8,11,16,19,28H,9-10H2,1-2H3,(H,27,31)(H,29,30). The number of aromatic nitrogens is 1. The third-order valence-corrected chi connectivity index (χ3v) is 5.25. The molecule has 166 valence electrons. The second-order valence-electron chi connectivity index (χ2n) is 7.62. The van der Waals surface area contributed by atoms with E-state index in [1.807, 2.05) is 0 Å². The van der Waals surface area contributed by atoms with Crippen LogP contribution >= 0.6 is 11.6 Å². The number of hydrogen-bond acceptors (Lipinski definition) is 4. The smallest absolute Gasteiger partial charge is 0.352 e. The van der Waals surface area contributed by atoms with Gasteiger partial charge in [-0.05, 0) is 35.4 Å². The molecule has 3 rings (SSSR count). The summed E-state index contributed by atoms with van der Waals surface area (Å²) in [6.45, 7) is 3.85.